The maximum Gasteiger partial charge on any atom is 0.157 e. The SMILES string of the molecule is CC[C@@H](O)[C@@H]1C[C@H](O)[C@H]2N=C(N)S[C@H]2O1. The second kappa shape index (κ2) is 4.29. The minimum Gasteiger partial charge on any atom is -0.391 e. The van der Waals surface area contributed by atoms with Gasteiger partial charge in [0.25, 0.3) is 0 Å². The van der Waals surface area contributed by atoms with Crippen LogP contribution in [0.5, 0.6) is 0 Å². The molecule has 1 fully saturated rings. The van der Waals surface area contributed by atoms with E-state index >= 15 is 0 Å². The monoisotopic (exact) mass is 232 g/mol. The van der Waals surface area contributed by atoms with Crippen molar-refractivity contribution in [3.63, 3.8) is 0 Å². The molecule has 0 bridgehead atoms. The van der Waals surface area contributed by atoms with Crippen LogP contribution in [0.4, 0.5) is 0 Å². The van der Waals surface area contributed by atoms with Crippen molar-refractivity contribution in [1.29, 1.82) is 0 Å². The van der Waals surface area contributed by atoms with Gasteiger partial charge in [0, 0.05) is 6.42 Å². The summed E-state index contributed by atoms with van der Waals surface area (Å²) < 4.78 is 5.66. The van der Waals surface area contributed by atoms with Crippen molar-refractivity contribution in [2.75, 3.05) is 0 Å². The van der Waals surface area contributed by atoms with Gasteiger partial charge in [0.2, 0.25) is 0 Å². The number of aliphatic hydroxyl groups excluding tert-OH is 2. The van der Waals surface area contributed by atoms with Crippen LogP contribution in [0.25, 0.3) is 0 Å². The molecule has 0 aromatic heterocycles. The lowest BCUT2D eigenvalue weighted by atomic mass is 9.97. The molecule has 15 heavy (non-hydrogen) atoms. The van der Waals surface area contributed by atoms with Crippen LogP contribution in [0, 0.1) is 0 Å². The molecule has 6 heteroatoms. The number of hydrogen-bond acceptors (Lipinski definition) is 6. The Hall–Kier alpha value is -0.300. The summed E-state index contributed by atoms with van der Waals surface area (Å²) in [5.41, 5.74) is 5.33. The molecule has 1 saturated heterocycles. The van der Waals surface area contributed by atoms with E-state index in [0.717, 1.165) is 0 Å². The largest absolute Gasteiger partial charge is 0.391 e. The first-order valence-electron chi connectivity index (χ1n) is 5.13. The van der Waals surface area contributed by atoms with Crippen molar-refractivity contribution in [1.82, 2.24) is 0 Å². The highest BCUT2D eigenvalue weighted by Gasteiger charge is 2.43. The second-order valence-corrected chi connectivity index (χ2v) is 5.02. The number of ether oxygens (including phenoxy) is 1. The summed E-state index contributed by atoms with van der Waals surface area (Å²) in [5.74, 6) is 0. The third-order valence-electron chi connectivity index (χ3n) is 2.82. The third-order valence-corrected chi connectivity index (χ3v) is 3.79. The Kier molecular flexibility index (Phi) is 3.20. The zero-order valence-electron chi connectivity index (χ0n) is 8.54. The number of nitrogens with two attached hydrogens (primary N) is 1. The summed E-state index contributed by atoms with van der Waals surface area (Å²) in [5, 5.41) is 20.0. The molecule has 0 amide bonds. The molecule has 2 heterocycles. The molecule has 2 aliphatic rings. The van der Waals surface area contributed by atoms with Gasteiger partial charge in [-0.05, 0) is 6.42 Å². The Balaban J connectivity index is 2.03. The second-order valence-electron chi connectivity index (χ2n) is 3.90. The van der Waals surface area contributed by atoms with Gasteiger partial charge in [0.05, 0.1) is 18.3 Å². The summed E-state index contributed by atoms with van der Waals surface area (Å²) in [6.07, 6.45) is -0.352. The fourth-order valence-electron chi connectivity index (χ4n) is 1.92. The van der Waals surface area contributed by atoms with E-state index in [4.69, 9.17) is 10.5 Å². The van der Waals surface area contributed by atoms with Gasteiger partial charge in [-0.15, -0.1) is 0 Å². The summed E-state index contributed by atoms with van der Waals surface area (Å²) in [6, 6.07) is -0.268. The number of thioether (sulfide) groups is 1. The maximum atomic E-state index is 9.84. The van der Waals surface area contributed by atoms with Gasteiger partial charge in [-0.1, -0.05) is 18.7 Å². The predicted octanol–water partition coefficient (Wildman–Crippen LogP) is -0.337. The molecule has 0 aliphatic carbocycles. The lowest BCUT2D eigenvalue weighted by molar-refractivity contribution is -0.117. The van der Waals surface area contributed by atoms with Crippen LogP contribution in [0.1, 0.15) is 19.8 Å². The van der Waals surface area contributed by atoms with Gasteiger partial charge in [0.1, 0.15) is 11.5 Å². The van der Waals surface area contributed by atoms with Crippen molar-refractivity contribution < 1.29 is 14.9 Å². The van der Waals surface area contributed by atoms with Crippen molar-refractivity contribution in [2.24, 2.45) is 10.7 Å². The van der Waals surface area contributed by atoms with Crippen LogP contribution in [0.2, 0.25) is 0 Å². The van der Waals surface area contributed by atoms with Gasteiger partial charge in [-0.3, -0.25) is 4.99 Å². The van der Waals surface area contributed by atoms with Crippen molar-refractivity contribution in [3.05, 3.63) is 0 Å². The standard InChI is InChI=1S/C9H16N2O3S/c1-2-4(12)6-3-5(13)7-8(14-6)15-9(10)11-7/h4-8,12-13H,2-3H2,1H3,(H2,10,11)/t4-,5+,6+,7-,8-/m1/s1. The number of hydrogen-bond donors (Lipinski definition) is 3. The zero-order chi connectivity index (χ0) is 11.0. The van der Waals surface area contributed by atoms with E-state index in [1.807, 2.05) is 6.92 Å². The Morgan fingerprint density at radius 3 is 3.13 bits per heavy atom. The lowest BCUT2D eigenvalue weighted by Crippen LogP contribution is -2.47. The van der Waals surface area contributed by atoms with Gasteiger partial charge < -0.3 is 20.7 Å². The zero-order valence-corrected chi connectivity index (χ0v) is 9.35. The van der Waals surface area contributed by atoms with E-state index in [9.17, 15) is 10.2 Å². The molecule has 4 N–H and O–H groups in total. The average Bonchev–Trinajstić information content (AvgIpc) is 2.58. The van der Waals surface area contributed by atoms with Crippen molar-refractivity contribution >= 4 is 16.9 Å². The van der Waals surface area contributed by atoms with Gasteiger partial charge in [0.15, 0.2) is 5.17 Å². The van der Waals surface area contributed by atoms with E-state index < -0.39 is 12.2 Å². The average molecular weight is 232 g/mol. The molecule has 5 atom stereocenters. The molecule has 2 aliphatic heterocycles. The summed E-state index contributed by atoms with van der Waals surface area (Å²) >= 11 is 1.32. The predicted molar refractivity (Wildman–Crippen MR) is 58.6 cm³/mol. The van der Waals surface area contributed by atoms with E-state index in [-0.39, 0.29) is 17.6 Å². The van der Waals surface area contributed by atoms with Crippen molar-refractivity contribution in [3.8, 4) is 0 Å². The quantitative estimate of drug-likeness (QED) is 0.606. The van der Waals surface area contributed by atoms with Crippen LogP contribution in [0.15, 0.2) is 4.99 Å². The van der Waals surface area contributed by atoms with Crippen LogP contribution in [-0.4, -0.2) is 45.2 Å². The van der Waals surface area contributed by atoms with Gasteiger partial charge in [-0.2, -0.15) is 0 Å². The molecule has 0 saturated carbocycles. The van der Waals surface area contributed by atoms with Crippen LogP contribution in [-0.2, 0) is 4.74 Å². The molecule has 0 radical (unpaired) electrons. The normalized spacial score (nSPS) is 42.2. The fourth-order valence-corrected chi connectivity index (χ4v) is 2.92. The molecular formula is C9H16N2O3S. The molecule has 5 nitrogen and oxygen atoms in total. The minimum atomic E-state index is -0.566. The Morgan fingerprint density at radius 1 is 1.73 bits per heavy atom. The Morgan fingerprint density at radius 2 is 2.47 bits per heavy atom. The van der Waals surface area contributed by atoms with Crippen LogP contribution >= 0.6 is 11.8 Å². The first-order chi connectivity index (χ1) is 7.11. The van der Waals surface area contributed by atoms with E-state index in [0.29, 0.717) is 18.0 Å². The third kappa shape index (κ3) is 2.13. The number of fused-ring (bicyclic) bond motifs is 1. The molecular weight excluding hydrogens is 216 g/mol. The van der Waals surface area contributed by atoms with Crippen LogP contribution < -0.4 is 5.73 Å². The van der Waals surface area contributed by atoms with Gasteiger partial charge in [-0.25, -0.2) is 0 Å². The van der Waals surface area contributed by atoms with Crippen LogP contribution in [0.3, 0.4) is 0 Å². The van der Waals surface area contributed by atoms with E-state index in [1.54, 1.807) is 0 Å². The molecule has 2 rings (SSSR count). The highest BCUT2D eigenvalue weighted by atomic mass is 32.2. The molecule has 0 aromatic carbocycles. The smallest absolute Gasteiger partial charge is 0.157 e. The summed E-state index contributed by atoms with van der Waals surface area (Å²) in [6.45, 7) is 1.89. The number of amidine groups is 1. The number of nitrogens with zero attached hydrogens (tertiary/aromatic N) is 1. The molecule has 0 aromatic rings. The number of aliphatic imine (C=N–C) groups is 1. The number of aliphatic hydroxyl groups is 2. The Labute approximate surface area is 92.7 Å². The first-order valence-corrected chi connectivity index (χ1v) is 6.01. The Bertz CT molecular complexity index is 274. The molecule has 86 valence electrons. The van der Waals surface area contributed by atoms with E-state index in [2.05, 4.69) is 4.99 Å². The van der Waals surface area contributed by atoms with E-state index in [1.165, 1.54) is 11.8 Å². The van der Waals surface area contributed by atoms with Crippen molar-refractivity contribution in [2.45, 2.75) is 49.6 Å². The highest BCUT2D eigenvalue weighted by molar-refractivity contribution is 8.14. The fraction of sp³-hybridized carbons (Fsp3) is 0.889. The molecule has 0 unspecified atom stereocenters. The topological polar surface area (TPSA) is 88.1 Å². The molecule has 0 spiro atoms. The maximum absolute atomic E-state index is 9.84. The van der Waals surface area contributed by atoms with Gasteiger partial charge >= 0.3 is 0 Å². The number of rotatable bonds is 2. The minimum absolute atomic E-state index is 0.236. The summed E-state index contributed by atoms with van der Waals surface area (Å²) in [7, 11) is 0. The lowest BCUT2D eigenvalue weighted by Gasteiger charge is -2.36. The summed E-state index contributed by atoms with van der Waals surface area (Å²) in [4.78, 5) is 4.11. The highest BCUT2D eigenvalue weighted by Crippen LogP contribution is 2.36. The first kappa shape index (κ1) is 11.2.